The van der Waals surface area contributed by atoms with Gasteiger partial charge in [0.2, 0.25) is 5.69 Å². The summed E-state index contributed by atoms with van der Waals surface area (Å²) in [5.74, 6) is 0. The van der Waals surface area contributed by atoms with Crippen LogP contribution in [0.4, 0.5) is 11.4 Å². The van der Waals surface area contributed by atoms with Crippen LogP contribution in [-0.2, 0) is 0 Å². The van der Waals surface area contributed by atoms with Gasteiger partial charge in [-0.15, -0.1) is 12.4 Å². The third-order valence-electron chi connectivity index (χ3n) is 2.44. The lowest BCUT2D eigenvalue weighted by Gasteiger charge is -2.28. The van der Waals surface area contributed by atoms with Gasteiger partial charge in [0.25, 0.3) is 0 Å². The second-order valence-corrected chi connectivity index (χ2v) is 5.58. The number of nitrogens with zero attached hydrogens (tertiary/aromatic N) is 1. The van der Waals surface area contributed by atoms with E-state index in [1.54, 1.807) is 12.1 Å². The Morgan fingerprint density at radius 1 is 1.47 bits per heavy atom. The van der Waals surface area contributed by atoms with Crippen LogP contribution in [-0.4, -0.2) is 17.3 Å². The molecule has 0 saturated heterocycles. The van der Waals surface area contributed by atoms with Crippen LogP contribution in [0, 0.1) is 6.57 Å². The van der Waals surface area contributed by atoms with Crippen LogP contribution in [0.25, 0.3) is 4.85 Å². The molecule has 1 aromatic rings. The summed E-state index contributed by atoms with van der Waals surface area (Å²) in [5.41, 5.74) is 6.90. The van der Waals surface area contributed by atoms with Crippen molar-refractivity contribution >= 4 is 35.4 Å². The second-order valence-electron chi connectivity index (χ2n) is 5.18. The van der Waals surface area contributed by atoms with E-state index in [0.29, 0.717) is 10.7 Å². The molecule has 0 aromatic heterocycles. The van der Waals surface area contributed by atoms with E-state index in [2.05, 4.69) is 10.2 Å². The number of benzene rings is 1. The molecular weight excluding hydrogens is 285 g/mol. The van der Waals surface area contributed by atoms with Crippen molar-refractivity contribution in [1.29, 1.82) is 0 Å². The van der Waals surface area contributed by atoms with Crippen molar-refractivity contribution in [1.82, 2.24) is 5.32 Å². The molecule has 6 heteroatoms. The zero-order chi connectivity index (χ0) is 13.9. The SMILES string of the molecule is Cl.[C-]#[N+]c1cc(C(CO)NC(C)(C)C)cc(Cl)c1N. The number of hydrogen-bond donors (Lipinski definition) is 3. The summed E-state index contributed by atoms with van der Waals surface area (Å²) >= 11 is 5.99. The van der Waals surface area contributed by atoms with Crippen molar-refractivity contribution in [3.63, 3.8) is 0 Å². The summed E-state index contributed by atoms with van der Waals surface area (Å²) in [7, 11) is 0. The first-order valence-electron chi connectivity index (χ1n) is 5.63. The maximum Gasteiger partial charge on any atom is 0.211 e. The molecule has 19 heavy (non-hydrogen) atoms. The van der Waals surface area contributed by atoms with E-state index in [9.17, 15) is 5.11 Å². The van der Waals surface area contributed by atoms with Crippen LogP contribution in [0.1, 0.15) is 32.4 Å². The molecule has 0 spiro atoms. The molecule has 0 aliphatic rings. The number of aliphatic hydroxyl groups excluding tert-OH is 1. The molecule has 1 aromatic carbocycles. The van der Waals surface area contributed by atoms with Gasteiger partial charge in [-0.05, 0) is 38.5 Å². The van der Waals surface area contributed by atoms with Gasteiger partial charge in [0.05, 0.1) is 29.9 Å². The quantitative estimate of drug-likeness (QED) is 0.593. The Kier molecular flexibility index (Phi) is 6.61. The first-order valence-corrected chi connectivity index (χ1v) is 6.01. The van der Waals surface area contributed by atoms with Crippen LogP contribution in [0.5, 0.6) is 0 Å². The van der Waals surface area contributed by atoms with Crippen molar-refractivity contribution in [3.05, 3.63) is 34.1 Å². The first-order chi connectivity index (χ1) is 8.28. The number of hydrogen-bond acceptors (Lipinski definition) is 3. The van der Waals surface area contributed by atoms with Gasteiger partial charge in [0.1, 0.15) is 0 Å². The Hall–Kier alpha value is -0.990. The van der Waals surface area contributed by atoms with Crippen LogP contribution in [0.3, 0.4) is 0 Å². The van der Waals surface area contributed by atoms with Gasteiger partial charge < -0.3 is 16.2 Å². The van der Waals surface area contributed by atoms with E-state index in [1.807, 2.05) is 20.8 Å². The molecule has 0 bridgehead atoms. The van der Waals surface area contributed by atoms with Gasteiger partial charge in [-0.25, -0.2) is 4.85 Å². The Balaban J connectivity index is 0.00000324. The summed E-state index contributed by atoms with van der Waals surface area (Å²) in [6, 6.07) is 3.07. The lowest BCUT2D eigenvalue weighted by atomic mass is 10.0. The predicted octanol–water partition coefficient (Wildman–Crippen LogP) is 3.32. The highest BCUT2D eigenvalue weighted by Gasteiger charge is 2.19. The smallest absolute Gasteiger partial charge is 0.211 e. The highest BCUT2D eigenvalue weighted by Crippen LogP contribution is 2.33. The first kappa shape index (κ1) is 18.0. The summed E-state index contributed by atoms with van der Waals surface area (Å²) in [6.45, 7) is 13.0. The maximum absolute atomic E-state index is 9.45. The molecule has 1 rings (SSSR count). The Morgan fingerprint density at radius 2 is 2.05 bits per heavy atom. The van der Waals surface area contributed by atoms with E-state index in [0.717, 1.165) is 5.56 Å². The average Bonchev–Trinajstić information content (AvgIpc) is 2.28. The molecule has 1 unspecified atom stereocenters. The molecule has 0 amide bonds. The molecule has 0 heterocycles. The average molecular weight is 304 g/mol. The Morgan fingerprint density at radius 3 is 2.47 bits per heavy atom. The van der Waals surface area contributed by atoms with Gasteiger partial charge in [0.15, 0.2) is 0 Å². The largest absolute Gasteiger partial charge is 0.406 e. The van der Waals surface area contributed by atoms with Gasteiger partial charge >= 0.3 is 0 Å². The van der Waals surface area contributed by atoms with Crippen LogP contribution in [0.15, 0.2) is 12.1 Å². The highest BCUT2D eigenvalue weighted by molar-refractivity contribution is 6.33. The lowest BCUT2D eigenvalue weighted by Crippen LogP contribution is -2.40. The monoisotopic (exact) mass is 303 g/mol. The third-order valence-corrected chi connectivity index (χ3v) is 2.76. The van der Waals surface area contributed by atoms with Crippen molar-refractivity contribution < 1.29 is 5.11 Å². The van der Waals surface area contributed by atoms with Crippen LogP contribution >= 0.6 is 24.0 Å². The van der Waals surface area contributed by atoms with Crippen molar-refractivity contribution in [2.75, 3.05) is 12.3 Å². The standard InChI is InChI=1S/C13H18ClN3O.ClH/c1-13(2,3)17-11(7-18)8-5-9(14)12(15)10(6-8)16-4;/h5-6,11,17-18H,7,15H2,1-3H3;1H. The number of nitrogens with one attached hydrogen (secondary N) is 1. The number of rotatable bonds is 3. The topological polar surface area (TPSA) is 62.6 Å². The minimum atomic E-state index is -0.274. The van der Waals surface area contributed by atoms with Crippen molar-refractivity contribution in [3.8, 4) is 0 Å². The zero-order valence-corrected chi connectivity index (χ0v) is 12.8. The van der Waals surface area contributed by atoms with Gasteiger partial charge in [0, 0.05) is 5.54 Å². The normalized spacial score (nSPS) is 12.4. The Bertz CT molecular complexity index is 478. The minimum absolute atomic E-state index is 0. The van der Waals surface area contributed by atoms with E-state index in [-0.39, 0.29) is 36.3 Å². The number of halogens is 2. The van der Waals surface area contributed by atoms with Gasteiger partial charge in [-0.1, -0.05) is 11.6 Å². The maximum atomic E-state index is 9.45. The highest BCUT2D eigenvalue weighted by atomic mass is 35.5. The van der Waals surface area contributed by atoms with Crippen LogP contribution in [0.2, 0.25) is 5.02 Å². The number of aliphatic hydroxyl groups is 1. The zero-order valence-electron chi connectivity index (χ0n) is 11.2. The summed E-state index contributed by atoms with van der Waals surface area (Å²) in [6.07, 6.45) is 0. The van der Waals surface area contributed by atoms with E-state index >= 15 is 0 Å². The Labute approximate surface area is 125 Å². The summed E-state index contributed by atoms with van der Waals surface area (Å²) in [5, 5.41) is 13.1. The lowest BCUT2D eigenvalue weighted by molar-refractivity contribution is 0.217. The fourth-order valence-corrected chi connectivity index (χ4v) is 1.90. The fraction of sp³-hybridized carbons (Fsp3) is 0.462. The van der Waals surface area contributed by atoms with Gasteiger partial charge in [-0.3, -0.25) is 0 Å². The van der Waals surface area contributed by atoms with Gasteiger partial charge in [-0.2, -0.15) is 0 Å². The number of nitrogen functional groups attached to an aromatic ring is 1. The van der Waals surface area contributed by atoms with Crippen molar-refractivity contribution in [2.24, 2.45) is 0 Å². The third kappa shape index (κ3) is 4.88. The molecular formula is C13H19Cl2N3O. The number of anilines is 1. The molecule has 0 aliphatic carbocycles. The molecule has 4 N–H and O–H groups in total. The summed E-state index contributed by atoms with van der Waals surface area (Å²) in [4.78, 5) is 3.34. The second kappa shape index (κ2) is 6.97. The number of nitrogens with two attached hydrogens (primary N) is 1. The minimum Gasteiger partial charge on any atom is -0.406 e. The molecule has 0 radical (unpaired) electrons. The fourth-order valence-electron chi connectivity index (χ4n) is 1.67. The molecule has 0 fully saturated rings. The van der Waals surface area contributed by atoms with E-state index in [4.69, 9.17) is 23.9 Å². The van der Waals surface area contributed by atoms with Crippen molar-refractivity contribution in [2.45, 2.75) is 32.4 Å². The predicted molar refractivity (Wildman–Crippen MR) is 82.1 cm³/mol. The van der Waals surface area contributed by atoms with E-state index < -0.39 is 0 Å². The van der Waals surface area contributed by atoms with Crippen LogP contribution < -0.4 is 11.1 Å². The molecule has 106 valence electrons. The molecule has 1 atom stereocenters. The summed E-state index contributed by atoms with van der Waals surface area (Å²) < 4.78 is 0. The van der Waals surface area contributed by atoms with E-state index in [1.165, 1.54) is 0 Å². The molecule has 0 saturated carbocycles. The molecule has 0 aliphatic heterocycles. The molecule has 4 nitrogen and oxygen atoms in total.